The maximum Gasteiger partial charge on any atom is 0.220 e. The topological polar surface area (TPSA) is 47.6 Å². The van der Waals surface area contributed by atoms with Gasteiger partial charge in [-0.15, -0.1) is 0 Å². The van der Waals surface area contributed by atoms with Crippen molar-refractivity contribution >= 4 is 5.91 Å². The molecule has 1 saturated heterocycles. The third kappa shape index (κ3) is 3.73. The summed E-state index contributed by atoms with van der Waals surface area (Å²) in [6, 6.07) is 6.21. The van der Waals surface area contributed by atoms with Gasteiger partial charge in [-0.3, -0.25) is 4.79 Å². The van der Waals surface area contributed by atoms with Crippen LogP contribution in [0.15, 0.2) is 18.2 Å². The van der Waals surface area contributed by atoms with E-state index in [4.69, 9.17) is 9.47 Å². The minimum absolute atomic E-state index is 0.185. The Hall–Kier alpha value is -1.71. The lowest BCUT2D eigenvalue weighted by Gasteiger charge is -2.17. The molecule has 22 heavy (non-hydrogen) atoms. The number of benzene rings is 1. The second-order valence-corrected chi connectivity index (χ2v) is 6.42. The molecule has 1 saturated carbocycles. The van der Waals surface area contributed by atoms with E-state index in [2.05, 4.69) is 17.4 Å². The summed E-state index contributed by atoms with van der Waals surface area (Å²) in [6.45, 7) is 0.820. The molecule has 1 N–H and O–H groups in total. The Labute approximate surface area is 132 Å². The maximum absolute atomic E-state index is 11.2. The van der Waals surface area contributed by atoms with Gasteiger partial charge in [0, 0.05) is 13.0 Å². The molecule has 120 valence electrons. The number of nitrogens with one attached hydrogen (secondary N) is 1. The molecule has 0 radical (unpaired) electrons. The van der Waals surface area contributed by atoms with E-state index in [1.807, 2.05) is 6.07 Å². The van der Waals surface area contributed by atoms with E-state index in [9.17, 15) is 4.79 Å². The van der Waals surface area contributed by atoms with Gasteiger partial charge in [-0.25, -0.2) is 0 Å². The molecular formula is C18H25NO3. The first-order chi connectivity index (χ1) is 10.7. The van der Waals surface area contributed by atoms with Gasteiger partial charge in [-0.1, -0.05) is 6.07 Å². The lowest BCUT2D eigenvalue weighted by Crippen LogP contribution is -2.14. The fourth-order valence-electron chi connectivity index (χ4n) is 3.39. The van der Waals surface area contributed by atoms with Crippen molar-refractivity contribution in [3.63, 3.8) is 0 Å². The van der Waals surface area contributed by atoms with E-state index >= 15 is 0 Å². The molecule has 1 aliphatic carbocycles. The molecule has 1 aromatic rings. The van der Waals surface area contributed by atoms with E-state index in [-0.39, 0.29) is 5.91 Å². The second-order valence-electron chi connectivity index (χ2n) is 6.42. The first-order valence-corrected chi connectivity index (χ1v) is 8.35. The molecule has 1 aromatic carbocycles. The van der Waals surface area contributed by atoms with Crippen LogP contribution in [0, 0.1) is 5.92 Å². The Balaban J connectivity index is 1.62. The van der Waals surface area contributed by atoms with Crippen molar-refractivity contribution in [1.82, 2.24) is 5.32 Å². The van der Waals surface area contributed by atoms with Crippen LogP contribution in [0.1, 0.15) is 44.1 Å². The number of amides is 1. The van der Waals surface area contributed by atoms with Crippen molar-refractivity contribution in [1.29, 1.82) is 0 Å². The molecule has 0 unspecified atom stereocenters. The van der Waals surface area contributed by atoms with Crippen LogP contribution in [0.4, 0.5) is 0 Å². The van der Waals surface area contributed by atoms with Crippen molar-refractivity contribution in [2.45, 2.75) is 51.0 Å². The van der Waals surface area contributed by atoms with Gasteiger partial charge in [0.1, 0.15) is 0 Å². The van der Waals surface area contributed by atoms with Gasteiger partial charge in [-0.2, -0.15) is 0 Å². The molecule has 1 atom stereocenters. The molecule has 1 amide bonds. The summed E-state index contributed by atoms with van der Waals surface area (Å²) in [5.74, 6) is 2.33. The number of methoxy groups -OCH3 is 1. The highest BCUT2D eigenvalue weighted by molar-refractivity contribution is 5.78. The van der Waals surface area contributed by atoms with Crippen LogP contribution < -0.4 is 14.8 Å². The van der Waals surface area contributed by atoms with Crippen LogP contribution in [0.3, 0.4) is 0 Å². The van der Waals surface area contributed by atoms with Crippen LogP contribution in [-0.4, -0.2) is 25.7 Å². The van der Waals surface area contributed by atoms with Gasteiger partial charge >= 0.3 is 0 Å². The van der Waals surface area contributed by atoms with Crippen LogP contribution >= 0.6 is 0 Å². The Morgan fingerprint density at radius 1 is 1.23 bits per heavy atom. The summed E-state index contributed by atoms with van der Waals surface area (Å²) >= 11 is 0. The highest BCUT2D eigenvalue weighted by atomic mass is 16.5. The predicted octanol–water partition coefficient (Wildman–Crippen LogP) is 3.09. The Kier molecular flexibility index (Phi) is 4.86. The van der Waals surface area contributed by atoms with E-state index < -0.39 is 0 Å². The van der Waals surface area contributed by atoms with Crippen molar-refractivity contribution in [2.24, 2.45) is 5.92 Å². The Morgan fingerprint density at radius 2 is 2.05 bits per heavy atom. The molecule has 2 fully saturated rings. The largest absolute Gasteiger partial charge is 0.493 e. The van der Waals surface area contributed by atoms with Crippen LogP contribution in [0.25, 0.3) is 0 Å². The van der Waals surface area contributed by atoms with Crippen LogP contribution in [0.2, 0.25) is 0 Å². The summed E-state index contributed by atoms with van der Waals surface area (Å²) in [4.78, 5) is 11.2. The zero-order valence-electron chi connectivity index (χ0n) is 13.3. The van der Waals surface area contributed by atoms with Crippen molar-refractivity contribution in [2.75, 3.05) is 13.7 Å². The van der Waals surface area contributed by atoms with Gasteiger partial charge in [0.25, 0.3) is 0 Å². The number of hydrogen-bond acceptors (Lipinski definition) is 3. The number of hydrogen-bond donors (Lipinski definition) is 1. The summed E-state index contributed by atoms with van der Waals surface area (Å²) < 4.78 is 11.6. The Bertz CT molecular complexity index is 523. The van der Waals surface area contributed by atoms with E-state index in [1.165, 1.54) is 18.4 Å². The minimum Gasteiger partial charge on any atom is -0.493 e. The smallest absolute Gasteiger partial charge is 0.220 e. The highest BCUT2D eigenvalue weighted by Gasteiger charge is 2.22. The summed E-state index contributed by atoms with van der Waals surface area (Å²) in [6.07, 6.45) is 7.82. The van der Waals surface area contributed by atoms with Gasteiger partial charge in [0.2, 0.25) is 5.91 Å². The van der Waals surface area contributed by atoms with E-state index in [1.54, 1.807) is 7.11 Å². The monoisotopic (exact) mass is 303 g/mol. The number of carbonyl (C=O) groups excluding carboxylic acids is 1. The lowest BCUT2D eigenvalue weighted by atomic mass is 9.98. The molecule has 0 spiro atoms. The minimum atomic E-state index is 0.185. The molecule has 1 heterocycles. The highest BCUT2D eigenvalue weighted by Crippen LogP contribution is 2.33. The standard InChI is InChI=1S/C18H25NO3/c1-21-16-9-8-13(6-7-14-11-18(20)19-12-14)10-17(16)22-15-4-2-3-5-15/h8-10,14-15H,2-7,11-12H2,1H3,(H,19,20)/t14-/m0/s1. The molecule has 0 bridgehead atoms. The average molecular weight is 303 g/mol. The summed E-state index contributed by atoms with van der Waals surface area (Å²) in [5.41, 5.74) is 1.26. The van der Waals surface area contributed by atoms with Crippen molar-refractivity contribution in [3.8, 4) is 11.5 Å². The number of ether oxygens (including phenoxy) is 2. The third-order valence-corrected chi connectivity index (χ3v) is 4.73. The zero-order chi connectivity index (χ0) is 15.4. The van der Waals surface area contributed by atoms with Gasteiger partial charge in [0.05, 0.1) is 13.2 Å². The predicted molar refractivity (Wildman–Crippen MR) is 85.3 cm³/mol. The number of rotatable bonds is 6. The molecule has 0 aromatic heterocycles. The number of aryl methyl sites for hydroxylation is 1. The fraction of sp³-hybridized carbons (Fsp3) is 0.611. The Morgan fingerprint density at radius 3 is 2.73 bits per heavy atom. The zero-order valence-corrected chi connectivity index (χ0v) is 13.3. The second kappa shape index (κ2) is 7.03. The van der Waals surface area contributed by atoms with Gasteiger partial charge in [-0.05, 0) is 62.1 Å². The molecule has 2 aliphatic rings. The number of carbonyl (C=O) groups is 1. The van der Waals surface area contributed by atoms with Gasteiger partial charge < -0.3 is 14.8 Å². The van der Waals surface area contributed by atoms with Crippen molar-refractivity contribution < 1.29 is 14.3 Å². The summed E-state index contributed by atoms with van der Waals surface area (Å²) in [7, 11) is 1.69. The van der Waals surface area contributed by atoms with Crippen molar-refractivity contribution in [3.05, 3.63) is 23.8 Å². The van der Waals surface area contributed by atoms with E-state index in [0.717, 1.165) is 43.7 Å². The molecule has 4 heteroatoms. The normalized spacial score (nSPS) is 21.9. The molecule has 3 rings (SSSR count). The molecular weight excluding hydrogens is 278 g/mol. The first kappa shape index (κ1) is 15.2. The quantitative estimate of drug-likeness (QED) is 0.878. The van der Waals surface area contributed by atoms with Crippen LogP contribution in [0.5, 0.6) is 11.5 Å². The average Bonchev–Trinajstić information content (AvgIpc) is 3.17. The molecule has 4 nitrogen and oxygen atoms in total. The first-order valence-electron chi connectivity index (χ1n) is 8.35. The lowest BCUT2D eigenvalue weighted by molar-refractivity contribution is -0.119. The maximum atomic E-state index is 11.2. The molecule has 1 aliphatic heterocycles. The fourth-order valence-corrected chi connectivity index (χ4v) is 3.39. The van der Waals surface area contributed by atoms with Crippen LogP contribution in [-0.2, 0) is 11.2 Å². The summed E-state index contributed by atoms with van der Waals surface area (Å²) in [5, 5.41) is 2.90. The third-order valence-electron chi connectivity index (χ3n) is 4.73. The van der Waals surface area contributed by atoms with Gasteiger partial charge in [0.15, 0.2) is 11.5 Å². The SMILES string of the molecule is COc1ccc(CC[C@@H]2CNC(=O)C2)cc1OC1CCCC1. The van der Waals surface area contributed by atoms with E-state index in [0.29, 0.717) is 18.4 Å².